The van der Waals surface area contributed by atoms with Crippen LogP contribution in [0, 0.1) is 13.8 Å². The summed E-state index contributed by atoms with van der Waals surface area (Å²) >= 11 is 0. The molecule has 2 aromatic carbocycles. The second-order valence-electron chi connectivity index (χ2n) is 6.97. The number of aryl methyl sites for hydroxylation is 2. The smallest absolute Gasteiger partial charge is 0.243 e. The lowest BCUT2D eigenvalue weighted by Gasteiger charge is -2.35. The minimum atomic E-state index is -3.46. The zero-order valence-corrected chi connectivity index (χ0v) is 16.5. The van der Waals surface area contributed by atoms with E-state index in [1.807, 2.05) is 38.1 Å². The van der Waals surface area contributed by atoms with E-state index in [0.717, 1.165) is 28.3 Å². The van der Waals surface area contributed by atoms with Crippen molar-refractivity contribution in [1.29, 1.82) is 0 Å². The Kier molecular flexibility index (Phi) is 4.74. The lowest BCUT2D eigenvalue weighted by atomic mass is 10.1. The maximum atomic E-state index is 13.0. The van der Waals surface area contributed by atoms with E-state index in [0.29, 0.717) is 44.3 Å². The minimum absolute atomic E-state index is 0.373. The fraction of sp³-hybridized carbons (Fsp3) is 0.400. The number of ether oxygens (including phenoxy) is 2. The molecule has 1 saturated heterocycles. The molecule has 0 atom stereocenters. The van der Waals surface area contributed by atoms with Crippen molar-refractivity contribution in [1.82, 2.24) is 4.31 Å². The van der Waals surface area contributed by atoms with Gasteiger partial charge in [-0.3, -0.25) is 0 Å². The fourth-order valence-corrected chi connectivity index (χ4v) is 4.95. The van der Waals surface area contributed by atoms with Gasteiger partial charge in [0.05, 0.1) is 4.90 Å². The molecule has 6 nitrogen and oxygen atoms in total. The van der Waals surface area contributed by atoms with Crippen LogP contribution in [0.1, 0.15) is 11.1 Å². The van der Waals surface area contributed by atoms with Crippen molar-refractivity contribution in [3.63, 3.8) is 0 Å². The summed E-state index contributed by atoms with van der Waals surface area (Å²) < 4.78 is 38.7. The number of anilines is 1. The zero-order chi connectivity index (χ0) is 19.0. The van der Waals surface area contributed by atoms with Crippen molar-refractivity contribution >= 4 is 15.7 Å². The Bertz CT molecular complexity index is 950. The van der Waals surface area contributed by atoms with E-state index in [9.17, 15) is 8.42 Å². The van der Waals surface area contributed by atoms with Crippen LogP contribution in [-0.2, 0) is 10.0 Å². The first-order valence-electron chi connectivity index (χ1n) is 9.17. The molecule has 0 saturated carbocycles. The van der Waals surface area contributed by atoms with E-state index < -0.39 is 10.0 Å². The number of piperazine rings is 1. The van der Waals surface area contributed by atoms with Gasteiger partial charge in [0.15, 0.2) is 11.5 Å². The highest BCUT2D eigenvalue weighted by molar-refractivity contribution is 7.89. The highest BCUT2D eigenvalue weighted by Gasteiger charge is 2.29. The molecule has 2 aliphatic heterocycles. The van der Waals surface area contributed by atoms with Gasteiger partial charge in [-0.05, 0) is 49.2 Å². The van der Waals surface area contributed by atoms with Crippen LogP contribution in [0.4, 0.5) is 5.69 Å². The first-order valence-corrected chi connectivity index (χ1v) is 10.6. The van der Waals surface area contributed by atoms with Crippen LogP contribution in [-0.4, -0.2) is 52.1 Å². The first kappa shape index (κ1) is 18.1. The first-order chi connectivity index (χ1) is 12.9. The predicted octanol–water partition coefficient (Wildman–Crippen LogP) is 2.59. The summed E-state index contributed by atoms with van der Waals surface area (Å²) in [7, 11) is -3.46. The van der Waals surface area contributed by atoms with Crippen LogP contribution in [0.3, 0.4) is 0 Å². The van der Waals surface area contributed by atoms with E-state index in [-0.39, 0.29) is 0 Å². The van der Waals surface area contributed by atoms with E-state index >= 15 is 0 Å². The zero-order valence-electron chi connectivity index (χ0n) is 15.6. The van der Waals surface area contributed by atoms with Crippen LogP contribution in [0.2, 0.25) is 0 Å². The molecule has 0 amide bonds. The number of benzene rings is 2. The molecule has 0 spiro atoms. The highest BCUT2D eigenvalue weighted by atomic mass is 32.2. The summed E-state index contributed by atoms with van der Waals surface area (Å²) in [6.45, 7) is 7.26. The molecule has 1 fully saturated rings. The maximum Gasteiger partial charge on any atom is 0.243 e. The Morgan fingerprint density at radius 2 is 1.52 bits per heavy atom. The highest BCUT2D eigenvalue weighted by Crippen LogP contribution is 2.34. The fourth-order valence-electron chi connectivity index (χ4n) is 3.44. The Hall–Kier alpha value is -2.25. The molecule has 2 heterocycles. The van der Waals surface area contributed by atoms with Gasteiger partial charge < -0.3 is 14.4 Å². The summed E-state index contributed by atoms with van der Waals surface area (Å²) in [6, 6.07) is 11.2. The number of rotatable bonds is 3. The van der Waals surface area contributed by atoms with Gasteiger partial charge >= 0.3 is 0 Å². The Morgan fingerprint density at radius 3 is 2.22 bits per heavy atom. The summed E-state index contributed by atoms with van der Waals surface area (Å²) in [5, 5.41) is 0. The Morgan fingerprint density at radius 1 is 0.815 bits per heavy atom. The molecule has 0 N–H and O–H groups in total. The molecule has 0 bridgehead atoms. The summed E-state index contributed by atoms with van der Waals surface area (Å²) in [5.74, 6) is 1.52. The van der Waals surface area contributed by atoms with Gasteiger partial charge in [0.1, 0.15) is 13.2 Å². The average molecular weight is 388 g/mol. The molecule has 0 aromatic heterocycles. The normalized spacial score (nSPS) is 17.8. The van der Waals surface area contributed by atoms with E-state index in [4.69, 9.17) is 9.47 Å². The van der Waals surface area contributed by atoms with Crippen molar-refractivity contribution in [3.8, 4) is 11.5 Å². The summed E-state index contributed by atoms with van der Waals surface area (Å²) in [4.78, 5) is 2.56. The molecular formula is C20H24N2O4S. The van der Waals surface area contributed by atoms with Gasteiger partial charge in [-0.25, -0.2) is 8.42 Å². The predicted molar refractivity (Wildman–Crippen MR) is 104 cm³/mol. The molecular weight excluding hydrogens is 364 g/mol. The Labute approximate surface area is 160 Å². The second kappa shape index (κ2) is 7.05. The molecule has 2 aromatic rings. The van der Waals surface area contributed by atoms with Crippen molar-refractivity contribution in [2.75, 3.05) is 44.3 Å². The third-order valence-corrected chi connectivity index (χ3v) is 7.14. The van der Waals surface area contributed by atoms with Crippen LogP contribution in [0.5, 0.6) is 11.5 Å². The van der Waals surface area contributed by atoms with Crippen LogP contribution < -0.4 is 14.4 Å². The van der Waals surface area contributed by atoms with E-state index in [2.05, 4.69) is 4.90 Å². The quantitative estimate of drug-likeness (QED) is 0.809. The topological polar surface area (TPSA) is 59.1 Å². The van der Waals surface area contributed by atoms with Gasteiger partial charge in [0, 0.05) is 37.9 Å². The minimum Gasteiger partial charge on any atom is -0.486 e. The summed E-state index contributed by atoms with van der Waals surface area (Å²) in [6.07, 6.45) is 0. The standard InChI is InChI=1S/C20H24N2O4S/c1-15-3-5-18(13-16(15)2)27(23,24)22-9-7-21(8-10-22)17-4-6-19-20(14-17)26-12-11-25-19/h3-6,13-14H,7-12H2,1-2H3. The number of nitrogens with zero attached hydrogens (tertiary/aromatic N) is 2. The molecule has 27 heavy (non-hydrogen) atoms. The molecule has 0 radical (unpaired) electrons. The summed E-state index contributed by atoms with van der Waals surface area (Å²) in [5.41, 5.74) is 3.12. The van der Waals surface area contributed by atoms with Crippen molar-refractivity contribution in [2.24, 2.45) is 0 Å². The van der Waals surface area contributed by atoms with E-state index in [1.54, 1.807) is 16.4 Å². The molecule has 0 aliphatic carbocycles. The number of hydrogen-bond donors (Lipinski definition) is 0. The average Bonchev–Trinajstić information content (AvgIpc) is 2.69. The van der Waals surface area contributed by atoms with Crippen molar-refractivity contribution < 1.29 is 17.9 Å². The SMILES string of the molecule is Cc1ccc(S(=O)(=O)N2CCN(c3ccc4c(c3)OCCO4)CC2)cc1C. The lowest BCUT2D eigenvalue weighted by molar-refractivity contribution is 0.171. The van der Waals surface area contributed by atoms with Gasteiger partial charge in [0.25, 0.3) is 0 Å². The largest absolute Gasteiger partial charge is 0.486 e. The van der Waals surface area contributed by atoms with Crippen LogP contribution in [0.15, 0.2) is 41.3 Å². The number of fused-ring (bicyclic) bond motifs is 1. The third kappa shape index (κ3) is 3.49. The van der Waals surface area contributed by atoms with Crippen LogP contribution in [0.25, 0.3) is 0 Å². The Balaban J connectivity index is 1.47. The van der Waals surface area contributed by atoms with Gasteiger partial charge in [-0.15, -0.1) is 0 Å². The second-order valence-corrected chi connectivity index (χ2v) is 8.90. The third-order valence-electron chi connectivity index (χ3n) is 5.25. The van der Waals surface area contributed by atoms with E-state index in [1.165, 1.54) is 0 Å². The molecule has 0 unspecified atom stereocenters. The molecule has 7 heteroatoms. The van der Waals surface area contributed by atoms with Crippen molar-refractivity contribution in [2.45, 2.75) is 18.7 Å². The van der Waals surface area contributed by atoms with Crippen molar-refractivity contribution in [3.05, 3.63) is 47.5 Å². The van der Waals surface area contributed by atoms with Gasteiger partial charge in [0.2, 0.25) is 10.0 Å². The van der Waals surface area contributed by atoms with Gasteiger partial charge in [-0.2, -0.15) is 4.31 Å². The number of sulfonamides is 1. The maximum absolute atomic E-state index is 13.0. The molecule has 144 valence electrons. The monoisotopic (exact) mass is 388 g/mol. The number of hydrogen-bond acceptors (Lipinski definition) is 5. The van der Waals surface area contributed by atoms with Crippen LogP contribution >= 0.6 is 0 Å². The lowest BCUT2D eigenvalue weighted by Crippen LogP contribution is -2.48. The molecule has 4 rings (SSSR count). The van der Waals surface area contributed by atoms with Gasteiger partial charge in [-0.1, -0.05) is 6.07 Å². The molecule has 2 aliphatic rings.